The van der Waals surface area contributed by atoms with Gasteiger partial charge in [-0.1, -0.05) is 66.2 Å². The Morgan fingerprint density at radius 1 is 0.952 bits per heavy atom. The van der Waals surface area contributed by atoms with E-state index in [1.807, 2.05) is 42.5 Å². The summed E-state index contributed by atoms with van der Waals surface area (Å²) < 4.78 is 12.6. The minimum absolute atomic E-state index is 0.131. The summed E-state index contributed by atoms with van der Waals surface area (Å²) in [4.78, 5) is 14.5. The minimum Gasteiger partial charge on any atom is -0.313 e. The Labute approximate surface area is 129 Å². The number of hydrogen-bond acceptors (Lipinski definition) is 2. The molecule has 3 aromatic rings. The molecule has 106 valence electrons. The van der Waals surface area contributed by atoms with Gasteiger partial charge in [-0.15, -0.1) is 0 Å². The average molecular weight is 318 g/mol. The van der Waals surface area contributed by atoms with Crippen molar-refractivity contribution in [1.82, 2.24) is 4.98 Å². The van der Waals surface area contributed by atoms with E-state index < -0.39 is 16.4 Å². The zero-order chi connectivity index (χ0) is 14.8. The Bertz CT molecular complexity index is 874. The standard InChI is InChI=1S/C16H12ClNO2S/c17-14-12-8-4-5-9-13(12)16(18-15(14)19)21(20)10-11-6-2-1-3-7-11/h1-9H,10H2,(H,18,19). The lowest BCUT2D eigenvalue weighted by Crippen LogP contribution is -2.12. The van der Waals surface area contributed by atoms with Gasteiger partial charge < -0.3 is 4.98 Å². The molecular weight excluding hydrogens is 306 g/mol. The van der Waals surface area contributed by atoms with Crippen LogP contribution in [-0.2, 0) is 16.6 Å². The average Bonchev–Trinajstić information content (AvgIpc) is 2.52. The molecule has 0 aliphatic heterocycles. The second-order valence-corrected chi connectivity index (χ2v) is 6.38. The summed E-state index contributed by atoms with van der Waals surface area (Å²) >= 11 is 6.02. The second-order valence-electron chi connectivity index (χ2n) is 4.62. The van der Waals surface area contributed by atoms with Crippen LogP contribution in [0.5, 0.6) is 0 Å². The van der Waals surface area contributed by atoms with Crippen LogP contribution in [0, 0.1) is 0 Å². The fourth-order valence-corrected chi connectivity index (χ4v) is 3.68. The zero-order valence-corrected chi connectivity index (χ0v) is 12.6. The van der Waals surface area contributed by atoms with Crippen molar-refractivity contribution in [2.24, 2.45) is 0 Å². The summed E-state index contributed by atoms with van der Waals surface area (Å²) in [7, 11) is -1.34. The molecule has 0 aliphatic carbocycles. The third-order valence-corrected chi connectivity index (χ3v) is 4.95. The number of rotatable bonds is 3. The molecule has 0 saturated carbocycles. The van der Waals surface area contributed by atoms with Gasteiger partial charge >= 0.3 is 0 Å². The summed E-state index contributed by atoms with van der Waals surface area (Å²) in [5.41, 5.74) is 0.544. The summed E-state index contributed by atoms with van der Waals surface area (Å²) in [6.45, 7) is 0. The number of fused-ring (bicyclic) bond motifs is 1. The molecule has 1 unspecified atom stereocenters. The van der Waals surface area contributed by atoms with E-state index in [-0.39, 0.29) is 5.02 Å². The normalized spacial score (nSPS) is 12.4. The molecule has 2 aromatic carbocycles. The van der Waals surface area contributed by atoms with Crippen molar-refractivity contribution in [2.45, 2.75) is 10.8 Å². The van der Waals surface area contributed by atoms with Gasteiger partial charge in [-0.2, -0.15) is 0 Å². The van der Waals surface area contributed by atoms with Crippen molar-refractivity contribution in [2.75, 3.05) is 0 Å². The molecule has 0 radical (unpaired) electrons. The molecular formula is C16H12ClNO2S. The van der Waals surface area contributed by atoms with Crippen LogP contribution in [0.4, 0.5) is 0 Å². The number of halogens is 1. The van der Waals surface area contributed by atoms with Crippen LogP contribution in [0.25, 0.3) is 10.8 Å². The van der Waals surface area contributed by atoms with Gasteiger partial charge in [-0.3, -0.25) is 9.00 Å². The highest BCUT2D eigenvalue weighted by atomic mass is 35.5. The smallest absolute Gasteiger partial charge is 0.268 e. The van der Waals surface area contributed by atoms with E-state index in [1.54, 1.807) is 12.1 Å². The molecule has 3 nitrogen and oxygen atoms in total. The molecule has 0 bridgehead atoms. The Morgan fingerprint density at radius 3 is 2.29 bits per heavy atom. The Kier molecular flexibility index (Phi) is 3.90. The van der Waals surface area contributed by atoms with Gasteiger partial charge in [0.1, 0.15) is 10.0 Å². The molecule has 0 saturated heterocycles. The van der Waals surface area contributed by atoms with Crippen molar-refractivity contribution < 1.29 is 4.21 Å². The number of H-pyrrole nitrogens is 1. The van der Waals surface area contributed by atoms with Gasteiger partial charge in [0, 0.05) is 10.8 Å². The fourth-order valence-electron chi connectivity index (χ4n) is 2.20. The van der Waals surface area contributed by atoms with Crippen LogP contribution in [-0.4, -0.2) is 9.19 Å². The maximum absolute atomic E-state index is 12.6. The van der Waals surface area contributed by atoms with Crippen molar-refractivity contribution >= 4 is 33.2 Å². The predicted molar refractivity (Wildman–Crippen MR) is 86.1 cm³/mol. The SMILES string of the molecule is O=c1[nH]c(S(=O)Cc2ccccc2)c2ccccc2c1Cl. The first-order valence-corrected chi connectivity index (χ1v) is 8.09. The highest BCUT2D eigenvalue weighted by molar-refractivity contribution is 7.84. The molecule has 1 N–H and O–H groups in total. The van der Waals surface area contributed by atoms with Crippen molar-refractivity contribution in [3.8, 4) is 0 Å². The van der Waals surface area contributed by atoms with E-state index in [1.165, 1.54) is 0 Å². The monoisotopic (exact) mass is 317 g/mol. The number of hydrogen-bond donors (Lipinski definition) is 1. The number of benzene rings is 2. The third kappa shape index (κ3) is 2.77. The van der Waals surface area contributed by atoms with Crippen LogP contribution in [0.1, 0.15) is 5.56 Å². The topological polar surface area (TPSA) is 49.9 Å². The minimum atomic E-state index is -1.34. The Morgan fingerprint density at radius 2 is 1.57 bits per heavy atom. The third-order valence-electron chi connectivity index (χ3n) is 3.20. The molecule has 21 heavy (non-hydrogen) atoms. The van der Waals surface area contributed by atoms with E-state index in [0.29, 0.717) is 16.2 Å². The first-order chi connectivity index (χ1) is 10.2. The fraction of sp³-hybridized carbons (Fsp3) is 0.0625. The number of nitrogens with one attached hydrogen (secondary N) is 1. The first-order valence-electron chi connectivity index (χ1n) is 6.39. The quantitative estimate of drug-likeness (QED) is 0.804. The zero-order valence-electron chi connectivity index (χ0n) is 11.0. The number of aromatic nitrogens is 1. The summed E-state index contributed by atoms with van der Waals surface area (Å²) in [6, 6.07) is 16.7. The lowest BCUT2D eigenvalue weighted by atomic mass is 10.2. The molecule has 0 amide bonds. The summed E-state index contributed by atoms with van der Waals surface area (Å²) in [5, 5.41) is 1.89. The van der Waals surface area contributed by atoms with Crippen LogP contribution in [0.3, 0.4) is 0 Å². The van der Waals surface area contributed by atoms with E-state index in [9.17, 15) is 9.00 Å². The van der Waals surface area contributed by atoms with E-state index in [0.717, 1.165) is 10.9 Å². The largest absolute Gasteiger partial charge is 0.313 e. The van der Waals surface area contributed by atoms with Crippen LogP contribution in [0.2, 0.25) is 5.02 Å². The van der Waals surface area contributed by atoms with Crippen LogP contribution in [0.15, 0.2) is 64.4 Å². The molecule has 1 heterocycles. The van der Waals surface area contributed by atoms with Crippen molar-refractivity contribution in [1.29, 1.82) is 0 Å². The molecule has 0 spiro atoms. The first kappa shape index (κ1) is 14.0. The maximum Gasteiger partial charge on any atom is 0.268 e. The Balaban J connectivity index is 2.10. The highest BCUT2D eigenvalue weighted by Crippen LogP contribution is 2.24. The highest BCUT2D eigenvalue weighted by Gasteiger charge is 2.14. The second kappa shape index (κ2) is 5.84. The molecule has 0 fully saturated rings. The summed E-state index contributed by atoms with van der Waals surface area (Å²) in [6.07, 6.45) is 0. The molecule has 1 aromatic heterocycles. The molecule has 3 rings (SSSR count). The van der Waals surface area contributed by atoms with E-state index >= 15 is 0 Å². The van der Waals surface area contributed by atoms with Gasteiger partial charge in [0.25, 0.3) is 5.56 Å². The van der Waals surface area contributed by atoms with Crippen LogP contribution >= 0.6 is 11.6 Å². The van der Waals surface area contributed by atoms with Crippen molar-refractivity contribution in [3.63, 3.8) is 0 Å². The van der Waals surface area contributed by atoms with Gasteiger partial charge in [0.2, 0.25) is 0 Å². The van der Waals surface area contributed by atoms with Gasteiger partial charge in [-0.25, -0.2) is 0 Å². The van der Waals surface area contributed by atoms with E-state index in [4.69, 9.17) is 11.6 Å². The molecule has 5 heteroatoms. The van der Waals surface area contributed by atoms with Gasteiger partial charge in [0.15, 0.2) is 0 Å². The lowest BCUT2D eigenvalue weighted by Gasteiger charge is -2.08. The molecule has 1 atom stereocenters. The summed E-state index contributed by atoms with van der Waals surface area (Å²) in [5.74, 6) is 0.350. The van der Waals surface area contributed by atoms with Gasteiger partial charge in [-0.05, 0) is 5.56 Å². The maximum atomic E-state index is 12.6. The predicted octanol–water partition coefficient (Wildman–Crippen LogP) is 3.49. The lowest BCUT2D eigenvalue weighted by molar-refractivity contribution is 0.680. The Hall–Kier alpha value is -1.91. The van der Waals surface area contributed by atoms with E-state index in [2.05, 4.69) is 4.98 Å². The van der Waals surface area contributed by atoms with Gasteiger partial charge in [0.05, 0.1) is 16.6 Å². The van der Waals surface area contributed by atoms with Crippen molar-refractivity contribution in [3.05, 3.63) is 75.5 Å². The number of pyridine rings is 1. The molecule has 0 aliphatic rings. The number of aromatic amines is 1. The van der Waals surface area contributed by atoms with Crippen LogP contribution < -0.4 is 5.56 Å².